The highest BCUT2D eigenvalue weighted by Crippen LogP contribution is 2.15. The molecule has 0 saturated carbocycles. The van der Waals surface area contributed by atoms with E-state index in [4.69, 9.17) is 9.47 Å². The highest BCUT2D eigenvalue weighted by Gasteiger charge is 2.16. The van der Waals surface area contributed by atoms with Crippen molar-refractivity contribution in [1.82, 2.24) is 0 Å². The van der Waals surface area contributed by atoms with Gasteiger partial charge >= 0.3 is 11.9 Å². The Morgan fingerprint density at radius 1 is 0.287 bits per heavy atom. The Morgan fingerprint density at radius 2 is 0.500 bits per heavy atom. The second-order valence-corrected chi connectivity index (χ2v) is 21.1. The van der Waals surface area contributed by atoms with Gasteiger partial charge in [0.1, 0.15) is 6.61 Å². The molecule has 5 heteroatoms. The molecule has 1 N–H and O–H groups in total. The minimum Gasteiger partial charge on any atom is -0.462 e. The van der Waals surface area contributed by atoms with Crippen LogP contribution in [0.15, 0.2) is 170 Å². The molecule has 0 saturated heterocycles. The first-order valence-electron chi connectivity index (χ1n) is 32.7. The molecule has 1 unspecified atom stereocenters. The summed E-state index contributed by atoms with van der Waals surface area (Å²) in [5.41, 5.74) is 0. The van der Waals surface area contributed by atoms with E-state index < -0.39 is 6.10 Å². The largest absolute Gasteiger partial charge is 0.462 e. The first-order valence-corrected chi connectivity index (χ1v) is 32.7. The zero-order valence-corrected chi connectivity index (χ0v) is 51.5. The third-order valence-electron chi connectivity index (χ3n) is 13.5. The molecule has 0 radical (unpaired) electrons. The summed E-state index contributed by atoms with van der Waals surface area (Å²) in [5.74, 6) is -0.603. The van der Waals surface area contributed by atoms with Crippen LogP contribution in [-0.4, -0.2) is 36.4 Å². The summed E-state index contributed by atoms with van der Waals surface area (Å²) < 4.78 is 10.7. The SMILES string of the molecule is CC/C=C\C/C=C\C/C=C\C/C=C\C/C=C\C/C=C\C/C=C\CCCCCCCCCCCCCC(=O)OCC(CO)OC(=O)CCCCCCCCCCCCC/C=C\C/C=C\C/C=C\C/C=C\C/C=C\C/C=C\C/C=C\CC. The van der Waals surface area contributed by atoms with E-state index >= 15 is 0 Å². The number of carbonyl (C=O) groups excluding carboxylic acids is 2. The number of hydrogen-bond acceptors (Lipinski definition) is 5. The predicted octanol–water partition coefficient (Wildman–Crippen LogP) is 22.9. The van der Waals surface area contributed by atoms with Gasteiger partial charge in [0.05, 0.1) is 6.61 Å². The van der Waals surface area contributed by atoms with Gasteiger partial charge in [0, 0.05) is 12.8 Å². The second kappa shape index (κ2) is 68.5. The molecule has 450 valence electrons. The minimum atomic E-state index is -0.789. The normalized spacial score (nSPS) is 13.4. The molecule has 0 aliphatic rings. The summed E-state index contributed by atoms with van der Waals surface area (Å²) in [6.07, 6.45) is 106. The molecule has 80 heavy (non-hydrogen) atoms. The van der Waals surface area contributed by atoms with Crippen molar-refractivity contribution in [2.75, 3.05) is 13.2 Å². The third kappa shape index (κ3) is 65.8. The quantitative estimate of drug-likeness (QED) is 0.0373. The topological polar surface area (TPSA) is 72.8 Å². The molecule has 0 bridgehead atoms. The van der Waals surface area contributed by atoms with Gasteiger partial charge < -0.3 is 14.6 Å². The van der Waals surface area contributed by atoms with Crippen LogP contribution < -0.4 is 0 Å². The van der Waals surface area contributed by atoms with Gasteiger partial charge in [-0.3, -0.25) is 9.59 Å². The number of unbranched alkanes of at least 4 members (excludes halogenated alkanes) is 22. The first kappa shape index (κ1) is 75.3. The Bertz CT molecular complexity index is 1770. The van der Waals surface area contributed by atoms with E-state index in [0.29, 0.717) is 12.8 Å². The lowest BCUT2D eigenvalue weighted by molar-refractivity contribution is -0.161. The van der Waals surface area contributed by atoms with Crippen molar-refractivity contribution in [3.05, 3.63) is 170 Å². The number of esters is 2. The number of hydrogen-bond donors (Lipinski definition) is 1. The van der Waals surface area contributed by atoms with Gasteiger partial charge in [0.15, 0.2) is 6.10 Å². The van der Waals surface area contributed by atoms with E-state index in [-0.39, 0.29) is 25.2 Å². The smallest absolute Gasteiger partial charge is 0.306 e. The molecule has 0 heterocycles. The van der Waals surface area contributed by atoms with Crippen molar-refractivity contribution in [3.8, 4) is 0 Å². The maximum atomic E-state index is 12.4. The van der Waals surface area contributed by atoms with Crippen LogP contribution in [0.5, 0.6) is 0 Å². The molecule has 0 rings (SSSR count). The van der Waals surface area contributed by atoms with Crippen LogP contribution in [0, 0.1) is 0 Å². The summed E-state index contributed by atoms with van der Waals surface area (Å²) in [5, 5.41) is 9.69. The van der Waals surface area contributed by atoms with Crippen LogP contribution in [-0.2, 0) is 19.1 Å². The molecule has 0 aliphatic heterocycles. The molecule has 0 amide bonds. The first-order chi connectivity index (χ1) is 39.6. The van der Waals surface area contributed by atoms with Crippen LogP contribution in [0.2, 0.25) is 0 Å². The van der Waals surface area contributed by atoms with Crippen molar-refractivity contribution < 1.29 is 24.2 Å². The van der Waals surface area contributed by atoms with E-state index in [2.05, 4.69) is 184 Å². The molecule has 0 fully saturated rings. The molecule has 0 aromatic carbocycles. The monoisotopic (exact) mass is 1100 g/mol. The van der Waals surface area contributed by atoms with Gasteiger partial charge in [0.25, 0.3) is 0 Å². The fourth-order valence-corrected chi connectivity index (χ4v) is 8.69. The Balaban J connectivity index is 3.56. The molecule has 0 aliphatic carbocycles. The van der Waals surface area contributed by atoms with Crippen LogP contribution in [0.4, 0.5) is 0 Å². The molecule has 1 atom stereocenters. The Hall–Kier alpha value is -4.74. The zero-order valence-electron chi connectivity index (χ0n) is 51.5. The van der Waals surface area contributed by atoms with Crippen molar-refractivity contribution in [2.45, 2.75) is 277 Å². The maximum absolute atomic E-state index is 12.4. The lowest BCUT2D eigenvalue weighted by Gasteiger charge is -2.15. The molecule has 0 spiro atoms. The maximum Gasteiger partial charge on any atom is 0.306 e. The molecule has 0 aromatic heterocycles. The number of aliphatic hydroxyl groups excluding tert-OH is 1. The number of aliphatic hydroxyl groups is 1. The predicted molar refractivity (Wildman–Crippen MR) is 352 cm³/mol. The summed E-state index contributed by atoms with van der Waals surface area (Å²) in [4.78, 5) is 24.6. The standard InChI is InChI=1S/C75H120O5/c1-3-5-7-9-11-13-15-17-19-21-23-25-27-29-31-33-35-37-39-41-43-45-47-49-51-53-55-57-59-61-63-65-67-69-74(77)79-72-73(71-76)80-75(78)70-68-66-64-62-60-58-56-54-52-50-48-46-44-42-40-38-36-34-32-30-28-26-24-22-20-18-16-14-12-10-8-6-4-2/h5-8,11-14,17-20,23-26,29-32,35-38,41-44,73,76H,3-4,9-10,15-16,21-22,27-28,33-34,39-40,45-72H2,1-2H3/b7-5-,8-6-,13-11-,14-12-,19-17-,20-18-,25-23-,26-24-,31-29-,32-30-,37-35-,38-36-,43-41-,44-42-. The summed E-state index contributed by atoms with van der Waals surface area (Å²) in [6, 6.07) is 0. The fraction of sp³-hybridized carbons (Fsp3) is 0.600. The number of ether oxygens (including phenoxy) is 2. The van der Waals surface area contributed by atoms with Gasteiger partial charge in [-0.25, -0.2) is 0 Å². The van der Waals surface area contributed by atoms with Crippen LogP contribution in [0.1, 0.15) is 271 Å². The second-order valence-electron chi connectivity index (χ2n) is 21.1. The van der Waals surface area contributed by atoms with Crippen LogP contribution >= 0.6 is 0 Å². The van der Waals surface area contributed by atoms with E-state index in [1.165, 1.54) is 116 Å². The van der Waals surface area contributed by atoms with Crippen molar-refractivity contribution in [3.63, 3.8) is 0 Å². The van der Waals surface area contributed by atoms with Crippen molar-refractivity contribution >= 4 is 11.9 Å². The average Bonchev–Trinajstić information content (AvgIpc) is 3.46. The van der Waals surface area contributed by atoms with Gasteiger partial charge in [-0.1, -0.05) is 300 Å². The Kier molecular flexibility index (Phi) is 64.5. The van der Waals surface area contributed by atoms with Crippen LogP contribution in [0.3, 0.4) is 0 Å². The minimum absolute atomic E-state index is 0.0778. The molecular weight excluding hydrogens is 981 g/mol. The highest BCUT2D eigenvalue weighted by atomic mass is 16.6. The van der Waals surface area contributed by atoms with Gasteiger partial charge in [-0.05, 0) is 128 Å². The fourth-order valence-electron chi connectivity index (χ4n) is 8.69. The van der Waals surface area contributed by atoms with E-state index in [0.717, 1.165) is 128 Å². The lowest BCUT2D eigenvalue weighted by Crippen LogP contribution is -2.28. The lowest BCUT2D eigenvalue weighted by atomic mass is 10.0. The molecule has 0 aromatic rings. The summed E-state index contributed by atoms with van der Waals surface area (Å²) >= 11 is 0. The zero-order chi connectivity index (χ0) is 57.6. The number of carbonyl (C=O) groups is 2. The van der Waals surface area contributed by atoms with Gasteiger partial charge in [-0.15, -0.1) is 0 Å². The summed E-state index contributed by atoms with van der Waals surface area (Å²) in [6.45, 7) is 3.91. The number of allylic oxidation sites excluding steroid dienone is 28. The summed E-state index contributed by atoms with van der Waals surface area (Å²) in [7, 11) is 0. The van der Waals surface area contributed by atoms with Crippen molar-refractivity contribution in [1.29, 1.82) is 0 Å². The Morgan fingerprint density at radius 3 is 0.750 bits per heavy atom. The van der Waals surface area contributed by atoms with E-state index in [1.54, 1.807) is 0 Å². The third-order valence-corrected chi connectivity index (χ3v) is 13.5. The molecular formula is C75H120O5. The number of rotatable bonds is 58. The average molecular weight is 1100 g/mol. The van der Waals surface area contributed by atoms with Gasteiger partial charge in [-0.2, -0.15) is 0 Å². The highest BCUT2D eigenvalue weighted by molar-refractivity contribution is 5.70. The van der Waals surface area contributed by atoms with Crippen molar-refractivity contribution in [2.24, 2.45) is 0 Å². The Labute approximate surface area is 493 Å². The molecule has 5 nitrogen and oxygen atoms in total. The van der Waals surface area contributed by atoms with E-state index in [9.17, 15) is 14.7 Å². The van der Waals surface area contributed by atoms with Gasteiger partial charge in [0.2, 0.25) is 0 Å². The van der Waals surface area contributed by atoms with Crippen LogP contribution in [0.25, 0.3) is 0 Å². The van der Waals surface area contributed by atoms with E-state index in [1.807, 2.05) is 0 Å².